The highest BCUT2D eigenvalue weighted by Crippen LogP contribution is 2.27. The number of carbonyl (C=O) groups excluding carboxylic acids is 1. The summed E-state index contributed by atoms with van der Waals surface area (Å²) < 4.78 is 22.3. The number of nitrogens with two attached hydrogens (primary N) is 1. The van der Waals surface area contributed by atoms with Crippen LogP contribution in [0.3, 0.4) is 0 Å². The first-order chi connectivity index (χ1) is 7.27. The van der Waals surface area contributed by atoms with Gasteiger partial charge in [-0.15, -0.1) is 0 Å². The second-order valence-electron chi connectivity index (χ2n) is 2.89. The highest BCUT2D eigenvalue weighted by Gasteiger charge is 2.18. The molecule has 3 N–H and O–H groups in total. The third-order valence-electron chi connectivity index (χ3n) is 1.80. The van der Waals surface area contributed by atoms with Crippen molar-refractivity contribution in [1.29, 1.82) is 0 Å². The van der Waals surface area contributed by atoms with Crippen molar-refractivity contribution >= 4 is 39.1 Å². The lowest BCUT2D eigenvalue weighted by molar-refractivity contribution is 0.0963. The Hall–Kier alpha value is -0.820. The lowest BCUT2D eigenvalue weighted by Gasteiger charge is -2.07. The minimum Gasteiger partial charge on any atom is -0.355 e. The van der Waals surface area contributed by atoms with Crippen molar-refractivity contribution in [2.45, 2.75) is 4.90 Å². The van der Waals surface area contributed by atoms with Crippen LogP contribution in [-0.4, -0.2) is 21.4 Å². The molecule has 0 aromatic heterocycles. The van der Waals surface area contributed by atoms with Gasteiger partial charge in [-0.1, -0.05) is 23.2 Å². The smallest absolute Gasteiger partial charge is 0.252 e. The topological polar surface area (TPSA) is 89.3 Å². The van der Waals surface area contributed by atoms with Gasteiger partial charge in [0.1, 0.15) is 4.90 Å². The highest BCUT2D eigenvalue weighted by atomic mass is 35.5. The standard InChI is InChI=1S/C8H8Cl2N2O3S/c1-12-8(13)4-2-7(16(11,14)15)6(10)3-5(4)9/h2-3H,1H3,(H,12,13)(H2,11,14,15). The number of benzene rings is 1. The van der Waals surface area contributed by atoms with Crippen molar-refractivity contribution in [1.82, 2.24) is 5.32 Å². The molecule has 0 fully saturated rings. The van der Waals surface area contributed by atoms with Crippen LogP contribution in [-0.2, 0) is 10.0 Å². The van der Waals surface area contributed by atoms with E-state index in [2.05, 4.69) is 5.32 Å². The van der Waals surface area contributed by atoms with E-state index >= 15 is 0 Å². The van der Waals surface area contributed by atoms with E-state index in [0.29, 0.717) is 0 Å². The molecule has 1 aromatic carbocycles. The van der Waals surface area contributed by atoms with Gasteiger partial charge in [0, 0.05) is 7.05 Å². The van der Waals surface area contributed by atoms with Gasteiger partial charge < -0.3 is 5.32 Å². The maximum absolute atomic E-state index is 11.4. The number of nitrogens with one attached hydrogen (secondary N) is 1. The summed E-state index contributed by atoms with van der Waals surface area (Å²) in [5, 5.41) is 7.18. The molecule has 1 rings (SSSR count). The highest BCUT2D eigenvalue weighted by molar-refractivity contribution is 7.89. The predicted octanol–water partition coefficient (Wildman–Crippen LogP) is 1.00. The molecule has 0 aliphatic carbocycles. The van der Waals surface area contributed by atoms with Crippen LogP contribution >= 0.6 is 23.2 Å². The third kappa shape index (κ3) is 2.65. The van der Waals surface area contributed by atoms with E-state index in [1.54, 1.807) is 0 Å². The first kappa shape index (κ1) is 13.2. The van der Waals surface area contributed by atoms with Crippen LogP contribution in [0.2, 0.25) is 10.0 Å². The van der Waals surface area contributed by atoms with Crippen LogP contribution in [0.1, 0.15) is 10.4 Å². The Balaban J connectivity index is 3.51. The Morgan fingerprint density at radius 2 is 1.88 bits per heavy atom. The van der Waals surface area contributed by atoms with Crippen molar-refractivity contribution < 1.29 is 13.2 Å². The molecule has 1 aromatic rings. The fourth-order valence-corrected chi connectivity index (χ4v) is 2.46. The van der Waals surface area contributed by atoms with Crippen LogP contribution in [0.4, 0.5) is 0 Å². The zero-order chi connectivity index (χ0) is 12.5. The second kappa shape index (κ2) is 4.58. The number of primary sulfonamides is 1. The van der Waals surface area contributed by atoms with E-state index in [9.17, 15) is 13.2 Å². The maximum Gasteiger partial charge on any atom is 0.252 e. The molecule has 1 amide bonds. The Morgan fingerprint density at radius 3 is 2.31 bits per heavy atom. The van der Waals surface area contributed by atoms with Crippen molar-refractivity contribution in [3.8, 4) is 0 Å². The monoisotopic (exact) mass is 282 g/mol. The molecule has 5 nitrogen and oxygen atoms in total. The van der Waals surface area contributed by atoms with Crippen LogP contribution in [0.25, 0.3) is 0 Å². The first-order valence-electron chi connectivity index (χ1n) is 4.01. The van der Waals surface area contributed by atoms with E-state index in [0.717, 1.165) is 12.1 Å². The van der Waals surface area contributed by atoms with Gasteiger partial charge in [0.25, 0.3) is 5.91 Å². The Bertz CT molecular complexity index is 542. The van der Waals surface area contributed by atoms with Crippen molar-refractivity contribution in [2.24, 2.45) is 5.14 Å². The number of rotatable bonds is 2. The fourth-order valence-electron chi connectivity index (χ4n) is 1.06. The molecular formula is C8H8Cl2N2O3S. The van der Waals surface area contributed by atoms with E-state index in [1.165, 1.54) is 7.05 Å². The minimum absolute atomic E-state index is 0.00223. The second-order valence-corrected chi connectivity index (χ2v) is 5.23. The van der Waals surface area contributed by atoms with Gasteiger partial charge in [0.15, 0.2) is 0 Å². The number of carbonyl (C=O) groups is 1. The van der Waals surface area contributed by atoms with Crippen LogP contribution in [0.5, 0.6) is 0 Å². The van der Waals surface area contributed by atoms with Crippen LogP contribution < -0.4 is 10.5 Å². The third-order valence-corrected chi connectivity index (χ3v) is 3.49. The molecule has 0 unspecified atom stereocenters. The van der Waals surface area contributed by atoms with E-state index < -0.39 is 15.9 Å². The summed E-state index contributed by atoms with van der Waals surface area (Å²) in [6, 6.07) is 2.20. The molecule has 0 saturated heterocycles. The fraction of sp³-hybridized carbons (Fsp3) is 0.125. The molecule has 0 spiro atoms. The summed E-state index contributed by atoms with van der Waals surface area (Å²) in [5.41, 5.74) is -0.00223. The summed E-state index contributed by atoms with van der Waals surface area (Å²) in [4.78, 5) is 11.0. The zero-order valence-electron chi connectivity index (χ0n) is 8.12. The average molecular weight is 283 g/mol. The predicted molar refractivity (Wildman–Crippen MR) is 61.2 cm³/mol. The van der Waals surface area contributed by atoms with Gasteiger partial charge in [0.2, 0.25) is 10.0 Å². The van der Waals surface area contributed by atoms with Crippen molar-refractivity contribution in [3.05, 3.63) is 27.7 Å². The Kier molecular flexibility index (Phi) is 3.80. The normalized spacial score (nSPS) is 11.2. The Morgan fingerprint density at radius 1 is 1.31 bits per heavy atom. The number of halogens is 2. The number of hydrogen-bond acceptors (Lipinski definition) is 3. The summed E-state index contributed by atoms with van der Waals surface area (Å²) >= 11 is 11.4. The van der Waals surface area contributed by atoms with Gasteiger partial charge >= 0.3 is 0 Å². The zero-order valence-corrected chi connectivity index (χ0v) is 10.4. The van der Waals surface area contributed by atoms with Gasteiger partial charge in [-0.05, 0) is 12.1 Å². The lowest BCUT2D eigenvalue weighted by atomic mass is 10.2. The van der Waals surface area contributed by atoms with Crippen LogP contribution in [0.15, 0.2) is 17.0 Å². The largest absolute Gasteiger partial charge is 0.355 e. The van der Waals surface area contributed by atoms with Gasteiger partial charge in [-0.3, -0.25) is 4.79 Å². The number of hydrogen-bond donors (Lipinski definition) is 2. The van der Waals surface area contributed by atoms with E-state index in [4.69, 9.17) is 28.3 Å². The number of amides is 1. The van der Waals surface area contributed by atoms with E-state index in [1.807, 2.05) is 0 Å². The molecule has 0 aliphatic rings. The molecular weight excluding hydrogens is 275 g/mol. The van der Waals surface area contributed by atoms with Crippen molar-refractivity contribution in [2.75, 3.05) is 7.05 Å². The molecule has 0 saturated carbocycles. The average Bonchev–Trinajstić information content (AvgIpc) is 2.14. The first-order valence-corrected chi connectivity index (χ1v) is 6.31. The minimum atomic E-state index is -3.99. The van der Waals surface area contributed by atoms with Crippen molar-refractivity contribution in [3.63, 3.8) is 0 Å². The summed E-state index contributed by atoms with van der Waals surface area (Å²) in [6.45, 7) is 0. The van der Waals surface area contributed by atoms with Crippen LogP contribution in [0, 0.1) is 0 Å². The molecule has 0 aliphatic heterocycles. The summed E-state index contributed by atoms with van der Waals surface area (Å²) in [5.74, 6) is -0.522. The quantitative estimate of drug-likeness (QED) is 0.848. The molecule has 0 atom stereocenters. The van der Waals surface area contributed by atoms with E-state index in [-0.39, 0.29) is 20.5 Å². The summed E-state index contributed by atoms with van der Waals surface area (Å²) in [6.07, 6.45) is 0. The molecule has 88 valence electrons. The summed E-state index contributed by atoms with van der Waals surface area (Å²) in [7, 11) is -2.59. The molecule has 0 heterocycles. The maximum atomic E-state index is 11.4. The van der Waals surface area contributed by atoms with Gasteiger partial charge in [-0.2, -0.15) is 0 Å². The molecule has 0 radical (unpaired) electrons. The van der Waals surface area contributed by atoms with Gasteiger partial charge in [-0.25, -0.2) is 13.6 Å². The molecule has 16 heavy (non-hydrogen) atoms. The lowest BCUT2D eigenvalue weighted by Crippen LogP contribution is -2.20. The Labute approximate surface area is 103 Å². The van der Waals surface area contributed by atoms with Gasteiger partial charge in [0.05, 0.1) is 15.6 Å². The molecule has 0 bridgehead atoms. The number of sulfonamides is 1. The SMILES string of the molecule is CNC(=O)c1cc(S(N)(=O)=O)c(Cl)cc1Cl. The molecule has 8 heteroatoms.